The van der Waals surface area contributed by atoms with E-state index in [1.807, 2.05) is 24.3 Å². The van der Waals surface area contributed by atoms with Crippen molar-refractivity contribution in [2.45, 2.75) is 76.5 Å². The maximum atomic E-state index is 13.8. The Kier molecular flexibility index (Phi) is 9.25. The summed E-state index contributed by atoms with van der Waals surface area (Å²) in [6.45, 7) is 3.73. The fourth-order valence-electron chi connectivity index (χ4n) is 5.89. The predicted octanol–water partition coefficient (Wildman–Crippen LogP) is 3.93. The average Bonchev–Trinajstić information content (AvgIpc) is 3.36. The SMILES string of the molecule is COc1ccc(CC(CC(=O)C(C)NC(=O)c2ccc3[nH]ncc3c2)C(=O)NC(CC2CCCC2)C(=O)C2(C)CO2)cc1. The zero-order valence-corrected chi connectivity index (χ0v) is 25.0. The van der Waals surface area contributed by atoms with E-state index in [4.69, 9.17) is 9.47 Å². The van der Waals surface area contributed by atoms with Crippen LogP contribution in [-0.4, -0.2) is 65.0 Å². The molecule has 2 aliphatic rings. The van der Waals surface area contributed by atoms with Crippen LogP contribution in [0.3, 0.4) is 0 Å². The summed E-state index contributed by atoms with van der Waals surface area (Å²) in [5, 5.41) is 13.4. The second kappa shape index (κ2) is 13.1. The molecule has 2 amide bonds. The highest BCUT2D eigenvalue weighted by molar-refractivity contribution is 6.01. The van der Waals surface area contributed by atoms with Crippen molar-refractivity contribution in [1.29, 1.82) is 0 Å². The lowest BCUT2D eigenvalue weighted by Gasteiger charge is -2.26. The Morgan fingerprint density at radius 1 is 1.09 bits per heavy atom. The summed E-state index contributed by atoms with van der Waals surface area (Å²) in [7, 11) is 1.58. The molecule has 4 unspecified atom stereocenters. The Labute approximate surface area is 251 Å². The van der Waals surface area contributed by atoms with Gasteiger partial charge in [-0.15, -0.1) is 0 Å². The molecule has 4 atom stereocenters. The number of rotatable bonds is 14. The number of aromatic amines is 1. The van der Waals surface area contributed by atoms with Crippen molar-refractivity contribution in [2.75, 3.05) is 13.7 Å². The Bertz CT molecular complexity index is 1470. The maximum Gasteiger partial charge on any atom is 0.251 e. The lowest BCUT2D eigenvalue weighted by molar-refractivity contribution is -0.134. The monoisotopic (exact) mass is 588 g/mol. The van der Waals surface area contributed by atoms with Crippen LogP contribution < -0.4 is 15.4 Å². The summed E-state index contributed by atoms with van der Waals surface area (Å²) >= 11 is 0. The van der Waals surface area contributed by atoms with Gasteiger partial charge in [-0.3, -0.25) is 24.3 Å². The van der Waals surface area contributed by atoms with E-state index in [0.29, 0.717) is 30.3 Å². The van der Waals surface area contributed by atoms with E-state index in [1.54, 1.807) is 45.4 Å². The fourth-order valence-corrected chi connectivity index (χ4v) is 5.89. The van der Waals surface area contributed by atoms with Gasteiger partial charge in [0.2, 0.25) is 5.91 Å². The van der Waals surface area contributed by atoms with Gasteiger partial charge in [0.1, 0.15) is 11.4 Å². The normalized spacial score (nSPS) is 20.3. The van der Waals surface area contributed by atoms with E-state index in [-0.39, 0.29) is 36.2 Å². The number of carbonyl (C=O) groups is 4. The minimum atomic E-state index is -0.865. The number of fused-ring (bicyclic) bond motifs is 1. The predicted molar refractivity (Wildman–Crippen MR) is 161 cm³/mol. The van der Waals surface area contributed by atoms with Gasteiger partial charge in [0, 0.05) is 23.3 Å². The van der Waals surface area contributed by atoms with Crippen molar-refractivity contribution in [3.63, 3.8) is 0 Å². The van der Waals surface area contributed by atoms with Crippen molar-refractivity contribution in [3.05, 3.63) is 59.8 Å². The number of ketones is 2. The topological polar surface area (TPSA) is 143 Å². The van der Waals surface area contributed by atoms with Gasteiger partial charge in [-0.25, -0.2) is 0 Å². The van der Waals surface area contributed by atoms with Crippen molar-refractivity contribution in [3.8, 4) is 5.75 Å². The summed E-state index contributed by atoms with van der Waals surface area (Å²) in [4.78, 5) is 53.6. The molecule has 228 valence electrons. The number of hydrogen-bond acceptors (Lipinski definition) is 7. The van der Waals surface area contributed by atoms with Crippen LogP contribution in [0.5, 0.6) is 5.75 Å². The summed E-state index contributed by atoms with van der Waals surface area (Å²) in [6, 6.07) is 11.0. The van der Waals surface area contributed by atoms with Gasteiger partial charge in [-0.1, -0.05) is 37.8 Å². The van der Waals surface area contributed by atoms with Crippen molar-refractivity contribution in [1.82, 2.24) is 20.8 Å². The highest BCUT2D eigenvalue weighted by Crippen LogP contribution is 2.34. The number of epoxide rings is 1. The minimum Gasteiger partial charge on any atom is -0.497 e. The third-order valence-corrected chi connectivity index (χ3v) is 8.77. The van der Waals surface area contributed by atoms with Gasteiger partial charge in [0.25, 0.3) is 5.91 Å². The number of H-pyrrole nitrogens is 1. The molecule has 0 bridgehead atoms. The average molecular weight is 589 g/mol. The molecule has 0 radical (unpaired) electrons. The lowest BCUT2D eigenvalue weighted by atomic mass is 9.88. The van der Waals surface area contributed by atoms with E-state index in [0.717, 1.165) is 42.1 Å². The molecule has 3 aromatic rings. The molecule has 1 aromatic heterocycles. The molecule has 1 saturated heterocycles. The smallest absolute Gasteiger partial charge is 0.251 e. The van der Waals surface area contributed by atoms with E-state index >= 15 is 0 Å². The van der Waals surface area contributed by atoms with Gasteiger partial charge in [0.05, 0.1) is 37.5 Å². The molecule has 5 rings (SSSR count). The molecule has 2 aromatic carbocycles. The fraction of sp³-hybridized carbons (Fsp3) is 0.485. The minimum absolute atomic E-state index is 0.0990. The molecular formula is C33H40N4O6. The Balaban J connectivity index is 1.29. The highest BCUT2D eigenvalue weighted by atomic mass is 16.6. The molecule has 2 heterocycles. The lowest BCUT2D eigenvalue weighted by Crippen LogP contribution is -2.49. The first-order valence-corrected chi connectivity index (χ1v) is 15.0. The number of carbonyl (C=O) groups excluding carboxylic acids is 4. The van der Waals surface area contributed by atoms with E-state index in [9.17, 15) is 19.2 Å². The molecule has 1 saturated carbocycles. The molecule has 1 aliphatic carbocycles. The van der Waals surface area contributed by atoms with Crippen LogP contribution in [0.4, 0.5) is 0 Å². The van der Waals surface area contributed by atoms with Crippen LogP contribution in [0, 0.1) is 11.8 Å². The van der Waals surface area contributed by atoms with Crippen LogP contribution in [0.2, 0.25) is 0 Å². The standard InChI is InChI=1S/C33H40N4O6/c1-20(35-31(40)23-10-13-27-25(16-23)18-34-37-27)29(38)17-24(14-22-8-11-26(42-3)12-9-22)32(41)36-28(15-21-6-4-5-7-21)30(39)33(2)19-43-33/h8-13,16,18,20-21,24,28H,4-7,14-15,17,19H2,1-3H3,(H,34,37)(H,35,40)(H,36,41). The highest BCUT2D eigenvalue weighted by Gasteiger charge is 2.50. The summed E-state index contributed by atoms with van der Waals surface area (Å²) in [5.41, 5.74) is 1.20. The Hall–Kier alpha value is -4.05. The van der Waals surface area contributed by atoms with Gasteiger partial charge in [-0.2, -0.15) is 5.10 Å². The Morgan fingerprint density at radius 2 is 1.81 bits per heavy atom. The first kappa shape index (κ1) is 30.4. The van der Waals surface area contributed by atoms with Crippen molar-refractivity contribution in [2.24, 2.45) is 11.8 Å². The van der Waals surface area contributed by atoms with Gasteiger partial charge >= 0.3 is 0 Å². The van der Waals surface area contributed by atoms with Crippen molar-refractivity contribution >= 4 is 34.3 Å². The second-order valence-corrected chi connectivity index (χ2v) is 12.1. The first-order chi connectivity index (χ1) is 20.6. The van der Waals surface area contributed by atoms with Crippen molar-refractivity contribution < 1.29 is 28.7 Å². The van der Waals surface area contributed by atoms with E-state index in [2.05, 4.69) is 20.8 Å². The van der Waals surface area contributed by atoms with Gasteiger partial charge in [0.15, 0.2) is 11.6 Å². The van der Waals surface area contributed by atoms with Crippen LogP contribution in [0.15, 0.2) is 48.7 Å². The molecule has 10 heteroatoms. The molecule has 10 nitrogen and oxygen atoms in total. The van der Waals surface area contributed by atoms with E-state index < -0.39 is 23.6 Å². The third-order valence-electron chi connectivity index (χ3n) is 8.77. The number of hydrogen-bond donors (Lipinski definition) is 3. The van der Waals surface area contributed by atoms with Crippen LogP contribution in [0.1, 0.15) is 68.3 Å². The molecule has 1 aliphatic heterocycles. The van der Waals surface area contributed by atoms with Crippen LogP contribution in [-0.2, 0) is 25.5 Å². The number of aromatic nitrogens is 2. The summed E-state index contributed by atoms with van der Waals surface area (Å²) in [5.74, 6) is -0.816. The molecular weight excluding hydrogens is 548 g/mol. The largest absolute Gasteiger partial charge is 0.497 e. The summed E-state index contributed by atoms with van der Waals surface area (Å²) in [6.07, 6.45) is 6.72. The second-order valence-electron chi connectivity index (χ2n) is 12.1. The molecule has 2 fully saturated rings. The number of methoxy groups -OCH3 is 1. The van der Waals surface area contributed by atoms with Crippen LogP contribution >= 0.6 is 0 Å². The molecule has 3 N–H and O–H groups in total. The van der Waals surface area contributed by atoms with Gasteiger partial charge < -0.3 is 20.1 Å². The number of amides is 2. The first-order valence-electron chi connectivity index (χ1n) is 15.0. The zero-order valence-electron chi connectivity index (χ0n) is 25.0. The zero-order chi connectivity index (χ0) is 30.6. The number of nitrogens with zero attached hydrogens (tertiary/aromatic N) is 1. The molecule has 43 heavy (non-hydrogen) atoms. The summed E-state index contributed by atoms with van der Waals surface area (Å²) < 4.78 is 10.7. The number of nitrogens with one attached hydrogen (secondary N) is 3. The van der Waals surface area contributed by atoms with Gasteiger partial charge in [-0.05, 0) is 68.5 Å². The third kappa shape index (κ3) is 7.48. The van der Waals surface area contributed by atoms with Crippen LogP contribution in [0.25, 0.3) is 10.9 Å². The van der Waals surface area contributed by atoms with E-state index in [1.165, 1.54) is 0 Å². The number of ether oxygens (including phenoxy) is 2. The quantitative estimate of drug-likeness (QED) is 0.242. The maximum absolute atomic E-state index is 13.8. The Morgan fingerprint density at radius 3 is 2.49 bits per heavy atom. The number of benzene rings is 2. The number of Topliss-reactive ketones (excluding diaryl/α,β-unsaturated/α-hetero) is 2. The molecule has 0 spiro atoms.